The molecule has 0 fully saturated rings. The minimum Gasteiger partial charge on any atom is -0.423 e. The minimum atomic E-state index is -1.44. The lowest BCUT2D eigenvalue weighted by Crippen LogP contribution is -2.29. The summed E-state index contributed by atoms with van der Waals surface area (Å²) in [5.41, 5.74) is 16.0. The number of hydrogen-bond acceptors (Lipinski definition) is 2. The van der Waals surface area contributed by atoms with E-state index in [9.17, 15) is 10.0 Å². The highest BCUT2D eigenvalue weighted by Crippen LogP contribution is 2.50. The normalized spacial score (nSPS) is 14.3. The zero-order valence-corrected chi connectivity index (χ0v) is 28.1. The molecule has 2 N–H and O–H groups in total. The van der Waals surface area contributed by atoms with Crippen molar-refractivity contribution in [2.75, 3.05) is 0 Å². The molecule has 0 atom stereocenters. The third kappa shape index (κ3) is 5.15. The van der Waals surface area contributed by atoms with Gasteiger partial charge in [-0.05, 0) is 96.5 Å². The Balaban J connectivity index is 0.000000147. The van der Waals surface area contributed by atoms with Gasteiger partial charge < -0.3 is 10.0 Å². The van der Waals surface area contributed by atoms with Crippen LogP contribution in [0.4, 0.5) is 0 Å². The van der Waals surface area contributed by atoms with Crippen LogP contribution < -0.4 is 5.46 Å². The molecular formula is C42H36BBrO2. The van der Waals surface area contributed by atoms with E-state index in [1.165, 1.54) is 55.6 Å². The Labute approximate surface area is 280 Å². The van der Waals surface area contributed by atoms with Crippen LogP contribution in [0, 0.1) is 0 Å². The number of hydrogen-bond donors (Lipinski definition) is 2. The van der Waals surface area contributed by atoms with E-state index in [2.05, 4.69) is 153 Å². The van der Waals surface area contributed by atoms with Gasteiger partial charge in [0.15, 0.2) is 0 Å². The molecule has 0 aliphatic heterocycles. The van der Waals surface area contributed by atoms with Gasteiger partial charge in [0.05, 0.1) is 0 Å². The van der Waals surface area contributed by atoms with Crippen LogP contribution in [0.1, 0.15) is 49.9 Å². The van der Waals surface area contributed by atoms with Crippen LogP contribution in [-0.4, -0.2) is 17.2 Å². The highest BCUT2D eigenvalue weighted by Gasteiger charge is 2.36. The predicted octanol–water partition coefficient (Wildman–Crippen LogP) is 9.76. The van der Waals surface area contributed by atoms with Crippen molar-refractivity contribution in [3.8, 4) is 44.5 Å². The van der Waals surface area contributed by atoms with Gasteiger partial charge in [0, 0.05) is 15.3 Å². The summed E-state index contributed by atoms with van der Waals surface area (Å²) in [7, 11) is -1.44. The van der Waals surface area contributed by atoms with Crippen molar-refractivity contribution in [3.05, 3.63) is 160 Å². The Hall–Kier alpha value is -4.22. The maximum atomic E-state index is 9.41. The second kappa shape index (κ2) is 11.5. The zero-order valence-electron chi connectivity index (χ0n) is 26.6. The first-order chi connectivity index (χ1) is 22.1. The monoisotopic (exact) mass is 662 g/mol. The Morgan fingerprint density at radius 2 is 0.870 bits per heavy atom. The fourth-order valence-corrected chi connectivity index (χ4v) is 7.71. The SMILES string of the molecule is CC1(C)c2ccccc2-c2ccc(-c3cccc(B(O)O)c3)cc21.CC1(C)c2ccccc2-c2ccc(-c3cccc(Br)c3)cc21. The van der Waals surface area contributed by atoms with Gasteiger partial charge in [-0.3, -0.25) is 0 Å². The second-order valence-corrected chi connectivity index (χ2v) is 14.3. The molecule has 0 bridgehead atoms. The molecule has 0 unspecified atom stereocenters. The first kappa shape index (κ1) is 30.4. The average Bonchev–Trinajstić information content (AvgIpc) is 3.44. The summed E-state index contributed by atoms with van der Waals surface area (Å²) in [5, 5.41) is 18.8. The van der Waals surface area contributed by atoms with Gasteiger partial charge >= 0.3 is 7.12 Å². The van der Waals surface area contributed by atoms with Crippen molar-refractivity contribution < 1.29 is 10.0 Å². The van der Waals surface area contributed by atoms with Crippen molar-refractivity contribution in [2.45, 2.75) is 38.5 Å². The first-order valence-electron chi connectivity index (χ1n) is 15.8. The summed E-state index contributed by atoms with van der Waals surface area (Å²) in [5.74, 6) is 0. The van der Waals surface area contributed by atoms with Crippen molar-refractivity contribution in [1.29, 1.82) is 0 Å². The summed E-state index contributed by atoms with van der Waals surface area (Å²) in [6.07, 6.45) is 0. The third-order valence-corrected chi connectivity index (χ3v) is 10.3. The summed E-state index contributed by atoms with van der Waals surface area (Å²) < 4.78 is 1.12. The van der Waals surface area contributed by atoms with E-state index in [-0.39, 0.29) is 10.8 Å². The second-order valence-electron chi connectivity index (χ2n) is 13.4. The Bertz CT molecular complexity index is 2110. The molecule has 4 heteroatoms. The molecule has 2 aliphatic rings. The van der Waals surface area contributed by atoms with Crippen LogP contribution in [0.3, 0.4) is 0 Å². The van der Waals surface area contributed by atoms with Crippen LogP contribution in [-0.2, 0) is 10.8 Å². The molecule has 0 spiro atoms. The molecule has 0 saturated heterocycles. The predicted molar refractivity (Wildman–Crippen MR) is 196 cm³/mol. The van der Waals surface area contributed by atoms with E-state index >= 15 is 0 Å². The van der Waals surface area contributed by atoms with Gasteiger partial charge in [-0.15, -0.1) is 0 Å². The molecule has 6 aromatic rings. The highest BCUT2D eigenvalue weighted by molar-refractivity contribution is 9.10. The Morgan fingerprint density at radius 3 is 1.37 bits per heavy atom. The topological polar surface area (TPSA) is 40.5 Å². The molecule has 0 amide bonds. The molecule has 226 valence electrons. The van der Waals surface area contributed by atoms with Crippen LogP contribution >= 0.6 is 15.9 Å². The molecule has 0 heterocycles. The van der Waals surface area contributed by atoms with Gasteiger partial charge in [0.25, 0.3) is 0 Å². The van der Waals surface area contributed by atoms with E-state index in [1.807, 2.05) is 18.2 Å². The average molecular weight is 663 g/mol. The van der Waals surface area contributed by atoms with Crippen molar-refractivity contribution in [3.63, 3.8) is 0 Å². The molecule has 6 aromatic carbocycles. The highest BCUT2D eigenvalue weighted by atomic mass is 79.9. The smallest absolute Gasteiger partial charge is 0.423 e. The molecular weight excluding hydrogens is 627 g/mol. The van der Waals surface area contributed by atoms with E-state index in [4.69, 9.17) is 0 Å². The van der Waals surface area contributed by atoms with Gasteiger partial charge in [-0.2, -0.15) is 0 Å². The number of rotatable bonds is 3. The van der Waals surface area contributed by atoms with Crippen molar-refractivity contribution >= 4 is 28.5 Å². The minimum absolute atomic E-state index is 0.0317. The first-order valence-corrected chi connectivity index (χ1v) is 16.6. The van der Waals surface area contributed by atoms with Gasteiger partial charge in [0.1, 0.15) is 0 Å². The number of fused-ring (bicyclic) bond motifs is 6. The lowest BCUT2D eigenvalue weighted by atomic mass is 9.78. The van der Waals surface area contributed by atoms with Crippen molar-refractivity contribution in [1.82, 2.24) is 0 Å². The van der Waals surface area contributed by atoms with Crippen molar-refractivity contribution in [2.24, 2.45) is 0 Å². The summed E-state index contributed by atoms with van der Waals surface area (Å²) in [6, 6.07) is 46.7. The number of benzene rings is 6. The maximum Gasteiger partial charge on any atom is 0.488 e. The molecule has 0 saturated carbocycles. The number of halogens is 1. The van der Waals surface area contributed by atoms with E-state index in [0.717, 1.165) is 15.6 Å². The van der Waals surface area contributed by atoms with Gasteiger partial charge in [0.2, 0.25) is 0 Å². The summed E-state index contributed by atoms with van der Waals surface area (Å²) in [6.45, 7) is 9.16. The van der Waals surface area contributed by atoms with Crippen LogP contribution in [0.5, 0.6) is 0 Å². The Kier molecular flexibility index (Phi) is 7.64. The lowest BCUT2D eigenvalue weighted by molar-refractivity contribution is 0.426. The van der Waals surface area contributed by atoms with Gasteiger partial charge in [-0.1, -0.05) is 153 Å². The molecule has 2 aliphatic carbocycles. The standard InChI is InChI=1S/C21H19BO2.C21H17Br/c1-21(2)19-9-4-3-8-17(19)18-11-10-15(13-20(18)21)14-6-5-7-16(12-14)22(23)24;1-21(2)19-9-4-3-8-17(19)18-11-10-15(13-20(18)21)14-6-5-7-16(22)12-14/h3-13,23-24H,1-2H3;3-13H,1-2H3. The fraction of sp³-hybridized carbons (Fsp3) is 0.143. The fourth-order valence-electron chi connectivity index (χ4n) is 7.31. The van der Waals surface area contributed by atoms with E-state index in [0.29, 0.717) is 5.46 Å². The molecule has 8 rings (SSSR count). The van der Waals surface area contributed by atoms with Crippen LogP contribution in [0.25, 0.3) is 44.5 Å². The molecule has 46 heavy (non-hydrogen) atoms. The summed E-state index contributed by atoms with van der Waals surface area (Å²) in [4.78, 5) is 0. The Morgan fingerprint density at radius 1 is 0.435 bits per heavy atom. The third-order valence-electron chi connectivity index (χ3n) is 9.84. The van der Waals surface area contributed by atoms with E-state index in [1.54, 1.807) is 6.07 Å². The van der Waals surface area contributed by atoms with Crippen LogP contribution in [0.15, 0.2) is 138 Å². The maximum absolute atomic E-state index is 9.41. The van der Waals surface area contributed by atoms with Crippen LogP contribution in [0.2, 0.25) is 0 Å². The summed E-state index contributed by atoms with van der Waals surface area (Å²) >= 11 is 3.57. The quantitative estimate of drug-likeness (QED) is 0.185. The molecule has 2 nitrogen and oxygen atoms in total. The van der Waals surface area contributed by atoms with E-state index < -0.39 is 7.12 Å². The molecule has 0 radical (unpaired) electrons. The lowest BCUT2D eigenvalue weighted by Gasteiger charge is -2.22. The molecule has 0 aromatic heterocycles. The zero-order chi connectivity index (χ0) is 32.2. The largest absolute Gasteiger partial charge is 0.488 e. The van der Waals surface area contributed by atoms with Gasteiger partial charge in [-0.25, -0.2) is 0 Å².